The third-order valence-corrected chi connectivity index (χ3v) is 4.09. The van der Waals surface area contributed by atoms with Crippen molar-refractivity contribution in [1.29, 1.82) is 0 Å². The highest BCUT2D eigenvalue weighted by Crippen LogP contribution is 2.21. The van der Waals surface area contributed by atoms with Crippen LogP contribution in [0.2, 0.25) is 5.02 Å². The summed E-state index contributed by atoms with van der Waals surface area (Å²) < 4.78 is 0. The number of carbonyl (C=O) groups excluding carboxylic acids is 2. The van der Waals surface area contributed by atoms with Crippen LogP contribution in [0.3, 0.4) is 0 Å². The van der Waals surface area contributed by atoms with Crippen LogP contribution in [0.1, 0.15) is 35.3 Å². The number of anilines is 1. The summed E-state index contributed by atoms with van der Waals surface area (Å²) in [6.45, 7) is 5.65. The zero-order valence-corrected chi connectivity index (χ0v) is 14.8. The van der Waals surface area contributed by atoms with Crippen LogP contribution in [0.5, 0.6) is 0 Å². The van der Waals surface area contributed by atoms with Gasteiger partial charge in [-0.05, 0) is 55.7 Å². The second kappa shape index (κ2) is 7.97. The Morgan fingerprint density at radius 2 is 1.79 bits per heavy atom. The first-order valence-corrected chi connectivity index (χ1v) is 8.26. The molecule has 2 aromatic carbocycles. The summed E-state index contributed by atoms with van der Waals surface area (Å²) in [6, 6.07) is 11.8. The van der Waals surface area contributed by atoms with E-state index in [2.05, 4.69) is 10.6 Å². The van der Waals surface area contributed by atoms with Crippen LogP contribution in [0, 0.1) is 6.92 Å². The quantitative estimate of drug-likeness (QED) is 0.862. The van der Waals surface area contributed by atoms with E-state index in [-0.39, 0.29) is 11.8 Å². The molecule has 0 heterocycles. The average molecular weight is 345 g/mol. The van der Waals surface area contributed by atoms with E-state index in [1.54, 1.807) is 31.2 Å². The molecule has 0 aliphatic heterocycles. The third kappa shape index (κ3) is 4.36. The molecule has 4 nitrogen and oxygen atoms in total. The smallest absolute Gasteiger partial charge is 0.251 e. The van der Waals surface area contributed by atoms with Crippen LogP contribution in [0.4, 0.5) is 5.69 Å². The minimum Gasteiger partial charge on any atom is -0.341 e. The zero-order valence-electron chi connectivity index (χ0n) is 14.0. The fourth-order valence-corrected chi connectivity index (χ4v) is 2.51. The van der Waals surface area contributed by atoms with Crippen molar-refractivity contribution in [2.75, 3.05) is 5.32 Å². The van der Waals surface area contributed by atoms with Crippen molar-refractivity contribution < 1.29 is 9.59 Å². The van der Waals surface area contributed by atoms with Crippen molar-refractivity contribution in [3.63, 3.8) is 0 Å². The number of nitrogens with one attached hydrogen (secondary N) is 2. The Labute approximate surface area is 147 Å². The largest absolute Gasteiger partial charge is 0.341 e. The van der Waals surface area contributed by atoms with Crippen molar-refractivity contribution in [3.8, 4) is 0 Å². The molecule has 0 aromatic heterocycles. The molecular formula is C19H21ClN2O2. The van der Waals surface area contributed by atoms with Gasteiger partial charge in [-0.3, -0.25) is 9.59 Å². The molecule has 126 valence electrons. The molecule has 0 saturated heterocycles. The van der Waals surface area contributed by atoms with E-state index in [1.165, 1.54) is 0 Å². The summed E-state index contributed by atoms with van der Waals surface area (Å²) in [5, 5.41) is 6.18. The van der Waals surface area contributed by atoms with Gasteiger partial charge in [-0.1, -0.05) is 36.7 Å². The predicted octanol–water partition coefficient (Wildman–Crippen LogP) is 3.97. The van der Waals surface area contributed by atoms with Crippen LogP contribution >= 0.6 is 11.6 Å². The third-order valence-electron chi connectivity index (χ3n) is 3.84. The molecule has 1 atom stereocenters. The molecule has 2 N–H and O–H groups in total. The lowest BCUT2D eigenvalue weighted by molar-refractivity contribution is -0.117. The first-order chi connectivity index (χ1) is 11.4. The molecule has 0 aliphatic carbocycles. The van der Waals surface area contributed by atoms with E-state index >= 15 is 0 Å². The number of aryl methyl sites for hydroxylation is 2. The SMILES string of the molecule is CCc1cccc(C)c1NC(=O)C(C)NC(=O)c1ccc(Cl)cc1. The van der Waals surface area contributed by atoms with E-state index in [4.69, 9.17) is 11.6 Å². The van der Waals surface area contributed by atoms with Crippen LogP contribution in [0.25, 0.3) is 0 Å². The maximum atomic E-state index is 12.4. The minimum absolute atomic E-state index is 0.249. The van der Waals surface area contributed by atoms with Gasteiger partial charge in [0.15, 0.2) is 0 Å². The lowest BCUT2D eigenvalue weighted by Gasteiger charge is -2.17. The highest BCUT2D eigenvalue weighted by atomic mass is 35.5. The summed E-state index contributed by atoms with van der Waals surface area (Å²) in [6.07, 6.45) is 0.822. The van der Waals surface area contributed by atoms with Gasteiger partial charge in [0.1, 0.15) is 6.04 Å². The summed E-state index contributed by atoms with van der Waals surface area (Å²) in [5.41, 5.74) is 3.35. The van der Waals surface area contributed by atoms with E-state index in [9.17, 15) is 9.59 Å². The average Bonchev–Trinajstić information content (AvgIpc) is 2.57. The topological polar surface area (TPSA) is 58.2 Å². The van der Waals surface area contributed by atoms with Crippen molar-refractivity contribution in [1.82, 2.24) is 5.32 Å². The number of para-hydroxylation sites is 1. The molecule has 0 bridgehead atoms. The molecule has 0 spiro atoms. The molecule has 0 saturated carbocycles. The molecule has 5 heteroatoms. The highest BCUT2D eigenvalue weighted by molar-refractivity contribution is 6.30. The predicted molar refractivity (Wildman–Crippen MR) is 97.6 cm³/mol. The van der Waals surface area contributed by atoms with Crippen LogP contribution in [-0.4, -0.2) is 17.9 Å². The standard InChI is InChI=1S/C19H21ClN2O2/c1-4-14-7-5-6-12(2)17(14)22-18(23)13(3)21-19(24)15-8-10-16(20)11-9-15/h5-11,13H,4H2,1-3H3,(H,21,24)(H,22,23). The normalized spacial score (nSPS) is 11.7. The van der Waals surface area contributed by atoms with Gasteiger partial charge in [0, 0.05) is 16.3 Å². The Balaban J connectivity index is 2.05. The van der Waals surface area contributed by atoms with Crippen molar-refractivity contribution in [2.45, 2.75) is 33.2 Å². The first-order valence-electron chi connectivity index (χ1n) is 7.88. The van der Waals surface area contributed by atoms with Gasteiger partial charge in [-0.2, -0.15) is 0 Å². The van der Waals surface area contributed by atoms with E-state index < -0.39 is 6.04 Å². The van der Waals surface area contributed by atoms with Crippen molar-refractivity contribution >= 4 is 29.1 Å². The zero-order chi connectivity index (χ0) is 17.7. The Kier molecular flexibility index (Phi) is 5.99. The molecule has 0 fully saturated rings. The van der Waals surface area contributed by atoms with Gasteiger partial charge in [-0.25, -0.2) is 0 Å². The number of rotatable bonds is 5. The molecule has 2 rings (SSSR count). The van der Waals surface area contributed by atoms with E-state index in [0.717, 1.165) is 23.2 Å². The fourth-order valence-electron chi connectivity index (χ4n) is 2.38. The maximum absolute atomic E-state index is 12.4. The number of benzene rings is 2. The van der Waals surface area contributed by atoms with Gasteiger partial charge < -0.3 is 10.6 Å². The van der Waals surface area contributed by atoms with Gasteiger partial charge in [0.05, 0.1) is 0 Å². The van der Waals surface area contributed by atoms with Gasteiger partial charge in [-0.15, -0.1) is 0 Å². The lowest BCUT2D eigenvalue weighted by Crippen LogP contribution is -2.41. The number of halogens is 1. The Bertz CT molecular complexity index is 742. The summed E-state index contributed by atoms with van der Waals surface area (Å²) >= 11 is 5.81. The number of hydrogen-bond donors (Lipinski definition) is 2. The van der Waals surface area contributed by atoms with Gasteiger partial charge in [0.25, 0.3) is 5.91 Å². The Hall–Kier alpha value is -2.33. The van der Waals surface area contributed by atoms with Gasteiger partial charge in [0.2, 0.25) is 5.91 Å². The summed E-state index contributed by atoms with van der Waals surface area (Å²) in [7, 11) is 0. The molecule has 0 aliphatic rings. The number of carbonyl (C=O) groups is 2. The molecule has 2 aromatic rings. The monoisotopic (exact) mass is 344 g/mol. The summed E-state index contributed by atoms with van der Waals surface area (Å²) in [4.78, 5) is 24.6. The van der Waals surface area contributed by atoms with Crippen molar-refractivity contribution in [3.05, 3.63) is 64.2 Å². The number of amides is 2. The van der Waals surface area contributed by atoms with Crippen LogP contribution in [0.15, 0.2) is 42.5 Å². The van der Waals surface area contributed by atoms with E-state index in [1.807, 2.05) is 32.0 Å². The molecule has 24 heavy (non-hydrogen) atoms. The molecule has 2 amide bonds. The minimum atomic E-state index is -0.655. The highest BCUT2D eigenvalue weighted by Gasteiger charge is 2.18. The first kappa shape index (κ1) is 18.0. The van der Waals surface area contributed by atoms with E-state index in [0.29, 0.717) is 10.6 Å². The molecular weight excluding hydrogens is 324 g/mol. The lowest BCUT2D eigenvalue weighted by atomic mass is 10.1. The number of hydrogen-bond acceptors (Lipinski definition) is 2. The van der Waals surface area contributed by atoms with Gasteiger partial charge >= 0.3 is 0 Å². The molecule has 1 unspecified atom stereocenters. The van der Waals surface area contributed by atoms with Crippen LogP contribution in [-0.2, 0) is 11.2 Å². The fraction of sp³-hybridized carbons (Fsp3) is 0.263. The summed E-state index contributed by atoms with van der Waals surface area (Å²) in [5.74, 6) is -0.559. The second-order valence-electron chi connectivity index (χ2n) is 5.65. The van der Waals surface area contributed by atoms with Crippen LogP contribution < -0.4 is 10.6 Å². The molecule has 0 radical (unpaired) electrons. The Morgan fingerprint density at radius 3 is 2.42 bits per heavy atom. The maximum Gasteiger partial charge on any atom is 0.251 e. The second-order valence-corrected chi connectivity index (χ2v) is 6.09. The van der Waals surface area contributed by atoms with Crippen molar-refractivity contribution in [2.24, 2.45) is 0 Å². The Morgan fingerprint density at radius 1 is 1.12 bits per heavy atom.